The molecule has 0 saturated carbocycles. The summed E-state index contributed by atoms with van der Waals surface area (Å²) in [4.78, 5) is 33.3. The van der Waals surface area contributed by atoms with Gasteiger partial charge in [-0.1, -0.05) is 91.0 Å². The van der Waals surface area contributed by atoms with Crippen LogP contribution in [0.1, 0.15) is 0 Å². The fraction of sp³-hybridized carbons (Fsp3) is 0. The van der Waals surface area contributed by atoms with Crippen molar-refractivity contribution in [2.75, 3.05) is 0 Å². The predicted octanol–water partition coefficient (Wildman–Crippen LogP) is 11.2. The summed E-state index contributed by atoms with van der Waals surface area (Å²) < 4.78 is 4.42. The van der Waals surface area contributed by atoms with Crippen LogP contribution >= 0.6 is 0 Å². The molecule has 5 nitrogen and oxygen atoms in total. The predicted molar refractivity (Wildman–Crippen MR) is 224 cm³/mol. The molecule has 0 saturated heterocycles. The normalized spacial score (nSPS) is 12.2. The summed E-state index contributed by atoms with van der Waals surface area (Å²) in [6.07, 6.45) is 1.83. The number of para-hydroxylation sites is 2. The maximum atomic E-state index is 14.6. The van der Waals surface area contributed by atoms with Crippen LogP contribution in [0.4, 0.5) is 0 Å². The van der Waals surface area contributed by atoms with E-state index in [1.54, 1.807) is 0 Å². The number of nitrogens with zero attached hydrogens (tertiary/aromatic N) is 3. The molecule has 12 aromatic rings. The van der Waals surface area contributed by atoms with Crippen molar-refractivity contribution in [2.24, 2.45) is 0 Å². The second kappa shape index (κ2) is 10.6. The molecular weight excluding hydrogens is 663 g/mol. The Morgan fingerprint density at radius 1 is 0.426 bits per heavy atom. The largest absolute Gasteiger partial charge is 0.309 e. The second-order valence-corrected chi connectivity index (χ2v) is 14.2. The van der Waals surface area contributed by atoms with Crippen LogP contribution in [0.3, 0.4) is 0 Å². The molecule has 0 atom stereocenters. The lowest BCUT2D eigenvalue weighted by Crippen LogP contribution is -2.14. The Hall–Kier alpha value is -7.37. The van der Waals surface area contributed by atoms with Crippen LogP contribution in [-0.2, 0) is 0 Å². The van der Waals surface area contributed by atoms with Gasteiger partial charge in [-0.15, -0.1) is 0 Å². The van der Waals surface area contributed by atoms with Gasteiger partial charge in [0.2, 0.25) is 0 Å². The third-order valence-electron chi connectivity index (χ3n) is 11.5. The van der Waals surface area contributed by atoms with Crippen LogP contribution < -0.4 is 10.9 Å². The van der Waals surface area contributed by atoms with Gasteiger partial charge < -0.3 is 8.97 Å². The highest BCUT2D eigenvalue weighted by Crippen LogP contribution is 2.41. The molecule has 0 amide bonds. The minimum Gasteiger partial charge on any atom is -0.309 e. The first-order chi connectivity index (χ1) is 26.6. The van der Waals surface area contributed by atoms with E-state index in [4.69, 9.17) is 0 Å². The van der Waals surface area contributed by atoms with E-state index in [9.17, 15) is 9.59 Å². The van der Waals surface area contributed by atoms with Crippen molar-refractivity contribution in [3.63, 3.8) is 0 Å². The third kappa shape index (κ3) is 3.79. The average molecular weight is 690 g/mol. The van der Waals surface area contributed by atoms with E-state index in [-0.39, 0.29) is 10.9 Å². The zero-order chi connectivity index (χ0) is 35.7. The van der Waals surface area contributed by atoms with Crippen LogP contribution in [0.2, 0.25) is 0 Å². The van der Waals surface area contributed by atoms with Gasteiger partial charge >= 0.3 is 0 Å². The maximum Gasteiger partial charge on any atom is 0.197 e. The number of pyridine rings is 3. The van der Waals surface area contributed by atoms with Gasteiger partial charge in [0.1, 0.15) is 0 Å². The molecule has 5 heteroatoms. The molecule has 0 unspecified atom stereocenters. The van der Waals surface area contributed by atoms with Crippen LogP contribution in [0.15, 0.2) is 174 Å². The van der Waals surface area contributed by atoms with Gasteiger partial charge in [0.25, 0.3) is 0 Å². The van der Waals surface area contributed by atoms with E-state index in [0.29, 0.717) is 27.1 Å². The lowest BCUT2D eigenvalue weighted by molar-refractivity contribution is 1.18. The van der Waals surface area contributed by atoms with Gasteiger partial charge in [0.15, 0.2) is 10.9 Å². The highest BCUT2D eigenvalue weighted by molar-refractivity contribution is 6.28. The van der Waals surface area contributed by atoms with Crippen molar-refractivity contribution in [3.05, 3.63) is 184 Å². The molecule has 0 aliphatic heterocycles. The maximum absolute atomic E-state index is 14.6. The Morgan fingerprint density at radius 2 is 1.04 bits per heavy atom. The number of hydrogen-bond donors (Lipinski definition) is 0. The van der Waals surface area contributed by atoms with Crippen molar-refractivity contribution in [1.29, 1.82) is 0 Å². The smallest absolute Gasteiger partial charge is 0.197 e. The third-order valence-corrected chi connectivity index (χ3v) is 11.5. The molecule has 4 heterocycles. The first kappa shape index (κ1) is 29.2. The Kier molecular flexibility index (Phi) is 5.73. The van der Waals surface area contributed by atoms with Crippen LogP contribution in [0, 0.1) is 0 Å². The van der Waals surface area contributed by atoms with Gasteiger partial charge in [-0.2, -0.15) is 0 Å². The summed E-state index contributed by atoms with van der Waals surface area (Å²) in [6.45, 7) is 0. The fourth-order valence-electron chi connectivity index (χ4n) is 9.10. The highest BCUT2D eigenvalue weighted by Gasteiger charge is 2.21. The van der Waals surface area contributed by atoms with E-state index in [1.165, 1.54) is 32.3 Å². The molecule has 54 heavy (non-hydrogen) atoms. The molecule has 0 spiro atoms. The Bertz CT molecular complexity index is 3630. The standard InChI is InChI=1S/C49H27N3O2/c53-48-36-20-16-30(32-24-25-50-40-15-6-5-12-35(32)40)26-44(36)52-41-23-19-31(27-39(41)49(54)38-14-7-13-37(48)47(38)52)51-42-21-17-28-8-1-3-10-33(28)45(42)46-34-11-4-2-9-29(34)18-22-43(46)51/h1-27H. The van der Waals surface area contributed by atoms with E-state index in [1.807, 2.05) is 66.9 Å². The van der Waals surface area contributed by atoms with Crippen LogP contribution in [0.25, 0.3) is 109 Å². The highest BCUT2D eigenvalue weighted by atomic mass is 16.1. The average Bonchev–Trinajstić information content (AvgIpc) is 3.58. The van der Waals surface area contributed by atoms with Crippen LogP contribution in [-0.4, -0.2) is 14.0 Å². The van der Waals surface area contributed by atoms with Crippen molar-refractivity contribution < 1.29 is 0 Å². The molecule has 8 aromatic carbocycles. The Balaban J connectivity index is 1.21. The van der Waals surface area contributed by atoms with Gasteiger partial charge in [0.05, 0.1) is 33.1 Å². The van der Waals surface area contributed by atoms with E-state index in [2.05, 4.69) is 111 Å². The minimum absolute atomic E-state index is 0.0816. The van der Waals surface area contributed by atoms with Crippen molar-refractivity contribution in [2.45, 2.75) is 0 Å². The molecule has 0 radical (unpaired) electrons. The van der Waals surface area contributed by atoms with E-state index < -0.39 is 0 Å². The van der Waals surface area contributed by atoms with Gasteiger partial charge in [-0.05, 0) is 99.4 Å². The topological polar surface area (TPSA) is 56.4 Å². The number of fused-ring (bicyclic) bond motifs is 12. The summed E-state index contributed by atoms with van der Waals surface area (Å²) >= 11 is 0. The van der Waals surface area contributed by atoms with E-state index >= 15 is 0 Å². The van der Waals surface area contributed by atoms with Gasteiger partial charge in [-0.3, -0.25) is 14.6 Å². The molecule has 0 aliphatic rings. The Morgan fingerprint density at radius 3 is 1.76 bits per heavy atom. The molecule has 12 rings (SSSR count). The van der Waals surface area contributed by atoms with Gasteiger partial charge in [-0.25, -0.2) is 0 Å². The second-order valence-electron chi connectivity index (χ2n) is 14.2. The zero-order valence-electron chi connectivity index (χ0n) is 28.7. The van der Waals surface area contributed by atoms with Crippen molar-refractivity contribution in [1.82, 2.24) is 14.0 Å². The summed E-state index contributed by atoms with van der Waals surface area (Å²) in [5.41, 5.74) is 7.95. The first-order valence-corrected chi connectivity index (χ1v) is 18.1. The molecule has 0 fully saturated rings. The van der Waals surface area contributed by atoms with Crippen molar-refractivity contribution >= 4 is 92.3 Å². The number of rotatable bonds is 2. The summed E-state index contributed by atoms with van der Waals surface area (Å²) in [7, 11) is 0. The molecule has 0 aliphatic carbocycles. The number of hydrogen-bond acceptors (Lipinski definition) is 3. The van der Waals surface area contributed by atoms with Gasteiger partial charge in [0, 0.05) is 49.6 Å². The lowest BCUT2D eigenvalue weighted by Gasteiger charge is -2.17. The minimum atomic E-state index is -0.0934. The summed E-state index contributed by atoms with van der Waals surface area (Å²) in [6, 6.07) is 53.7. The number of aromatic nitrogens is 3. The SMILES string of the molecule is O=c1c2cc(-n3c4ccc5ccccc5c4c4c5ccccc5ccc43)ccc2n2c3cc(-c4ccnc5ccccc45)ccc3c(=O)c3cccc1c32. The fourth-order valence-corrected chi connectivity index (χ4v) is 9.10. The molecule has 250 valence electrons. The molecular formula is C49H27N3O2. The quantitative estimate of drug-likeness (QED) is 0.134. The van der Waals surface area contributed by atoms with Crippen molar-refractivity contribution in [3.8, 4) is 16.8 Å². The molecule has 0 bridgehead atoms. The van der Waals surface area contributed by atoms with E-state index in [0.717, 1.165) is 49.8 Å². The Labute approximate surface area is 306 Å². The first-order valence-electron chi connectivity index (χ1n) is 18.1. The van der Waals surface area contributed by atoms with Crippen LogP contribution in [0.5, 0.6) is 0 Å². The summed E-state index contributed by atoms with van der Waals surface area (Å²) in [5.74, 6) is 0. The summed E-state index contributed by atoms with van der Waals surface area (Å²) in [5, 5.41) is 10.4. The monoisotopic (exact) mass is 689 g/mol. The molecule has 0 N–H and O–H groups in total. The number of benzene rings is 8. The zero-order valence-corrected chi connectivity index (χ0v) is 28.7. The molecule has 4 aromatic heterocycles. The lowest BCUT2D eigenvalue weighted by atomic mass is 9.98.